The molecule has 1 aromatic carbocycles. The average Bonchev–Trinajstić information content (AvgIpc) is 2.41. The summed E-state index contributed by atoms with van der Waals surface area (Å²) in [6.07, 6.45) is -4.68. The van der Waals surface area contributed by atoms with Gasteiger partial charge in [0.1, 0.15) is 0 Å². The molecule has 1 fully saturated rings. The molecule has 0 unspecified atom stereocenters. The Balaban J connectivity index is 2.17. The van der Waals surface area contributed by atoms with Crippen molar-refractivity contribution in [3.05, 3.63) is 22.7 Å². The smallest absolute Gasteiger partial charge is 0.391 e. The van der Waals surface area contributed by atoms with Crippen molar-refractivity contribution < 1.29 is 21.6 Å². The maximum absolute atomic E-state index is 12.6. The molecule has 0 atom stereocenters. The van der Waals surface area contributed by atoms with E-state index in [1.54, 1.807) is 0 Å². The Kier molecular flexibility index (Phi) is 4.55. The van der Waals surface area contributed by atoms with Crippen molar-refractivity contribution in [2.75, 3.05) is 18.8 Å². The fraction of sp³-hybridized carbons (Fsp3) is 0.500. The molecule has 0 aliphatic carbocycles. The van der Waals surface area contributed by atoms with Crippen molar-refractivity contribution in [2.45, 2.75) is 23.9 Å². The monoisotopic (exact) mass is 386 g/mol. The molecular weight excluding hydrogens is 373 g/mol. The first-order chi connectivity index (χ1) is 9.62. The number of piperidine rings is 1. The minimum Gasteiger partial charge on any atom is -0.398 e. The van der Waals surface area contributed by atoms with Gasteiger partial charge in [0.2, 0.25) is 10.0 Å². The highest BCUT2D eigenvalue weighted by molar-refractivity contribution is 9.10. The highest BCUT2D eigenvalue weighted by atomic mass is 79.9. The zero-order valence-electron chi connectivity index (χ0n) is 10.9. The average molecular weight is 387 g/mol. The van der Waals surface area contributed by atoms with Crippen molar-refractivity contribution in [1.82, 2.24) is 4.31 Å². The maximum atomic E-state index is 12.6. The number of hydrogen-bond donors (Lipinski definition) is 1. The SMILES string of the molecule is Nc1ccc(S(=O)(=O)N2CCC(C(F)(F)F)CC2)cc1Br. The number of anilines is 1. The van der Waals surface area contributed by atoms with Gasteiger partial charge in [0.15, 0.2) is 0 Å². The van der Waals surface area contributed by atoms with Crippen LogP contribution in [0.15, 0.2) is 27.6 Å². The molecule has 1 aliphatic rings. The molecule has 2 N–H and O–H groups in total. The summed E-state index contributed by atoms with van der Waals surface area (Å²) < 4.78 is 64.1. The fourth-order valence-electron chi connectivity index (χ4n) is 2.24. The van der Waals surface area contributed by atoms with Gasteiger partial charge in [-0.2, -0.15) is 17.5 Å². The summed E-state index contributed by atoms with van der Waals surface area (Å²) in [4.78, 5) is 0.0223. The summed E-state index contributed by atoms with van der Waals surface area (Å²) >= 11 is 3.14. The summed E-state index contributed by atoms with van der Waals surface area (Å²) in [6.45, 7) is -0.261. The highest BCUT2D eigenvalue weighted by Crippen LogP contribution is 2.35. The molecule has 1 heterocycles. The number of nitrogens with two attached hydrogens (primary N) is 1. The molecule has 0 aromatic heterocycles. The van der Waals surface area contributed by atoms with E-state index in [4.69, 9.17) is 5.73 Å². The van der Waals surface area contributed by atoms with E-state index in [2.05, 4.69) is 15.9 Å². The number of halogens is 4. The van der Waals surface area contributed by atoms with Gasteiger partial charge in [-0.25, -0.2) is 8.42 Å². The van der Waals surface area contributed by atoms with Crippen molar-refractivity contribution >= 4 is 31.6 Å². The summed E-state index contributed by atoms with van der Waals surface area (Å²) in [5.41, 5.74) is 5.99. The van der Waals surface area contributed by atoms with Crippen LogP contribution in [0.3, 0.4) is 0 Å². The largest absolute Gasteiger partial charge is 0.398 e. The third-order valence-electron chi connectivity index (χ3n) is 3.53. The van der Waals surface area contributed by atoms with Gasteiger partial charge in [0.05, 0.1) is 10.8 Å². The highest BCUT2D eigenvalue weighted by Gasteiger charge is 2.43. The van der Waals surface area contributed by atoms with E-state index in [0.29, 0.717) is 10.2 Å². The van der Waals surface area contributed by atoms with Crippen LogP contribution in [0.2, 0.25) is 0 Å². The zero-order chi connectivity index (χ0) is 15.8. The second-order valence-corrected chi connectivity index (χ2v) is 7.70. The van der Waals surface area contributed by atoms with Gasteiger partial charge < -0.3 is 5.73 Å². The molecular formula is C12H14BrF3N2O2S. The number of benzene rings is 1. The lowest BCUT2D eigenvalue weighted by molar-refractivity contribution is -0.182. The Labute approximate surface area is 129 Å². The molecule has 9 heteroatoms. The molecule has 0 amide bonds. The maximum Gasteiger partial charge on any atom is 0.391 e. The molecule has 1 aromatic rings. The van der Waals surface area contributed by atoms with E-state index < -0.39 is 22.1 Å². The van der Waals surface area contributed by atoms with Crippen LogP contribution < -0.4 is 5.73 Å². The number of sulfonamides is 1. The van der Waals surface area contributed by atoms with Crippen LogP contribution in [-0.2, 0) is 10.0 Å². The standard InChI is InChI=1S/C12H14BrF3N2O2S/c13-10-7-9(1-2-11(10)17)21(19,20)18-5-3-8(4-6-18)12(14,15)16/h1-2,7-8H,3-6,17H2. The molecule has 118 valence electrons. The van der Waals surface area contributed by atoms with E-state index >= 15 is 0 Å². The number of hydrogen-bond acceptors (Lipinski definition) is 3. The summed E-state index contributed by atoms with van der Waals surface area (Å²) in [5.74, 6) is -1.43. The van der Waals surface area contributed by atoms with Crippen molar-refractivity contribution in [2.24, 2.45) is 5.92 Å². The Bertz CT molecular complexity index is 626. The van der Waals surface area contributed by atoms with Crippen molar-refractivity contribution in [3.63, 3.8) is 0 Å². The van der Waals surface area contributed by atoms with Crippen molar-refractivity contribution in [1.29, 1.82) is 0 Å². The molecule has 1 aliphatic heterocycles. The van der Waals surface area contributed by atoms with Gasteiger partial charge in [-0.1, -0.05) is 0 Å². The van der Waals surface area contributed by atoms with Gasteiger partial charge >= 0.3 is 6.18 Å². The Morgan fingerprint density at radius 1 is 1.24 bits per heavy atom. The van der Waals surface area contributed by atoms with Crippen LogP contribution in [0.4, 0.5) is 18.9 Å². The first kappa shape index (κ1) is 16.6. The quantitative estimate of drug-likeness (QED) is 0.794. The number of nitrogens with zero attached hydrogens (tertiary/aromatic N) is 1. The second-order valence-electron chi connectivity index (χ2n) is 4.90. The zero-order valence-corrected chi connectivity index (χ0v) is 13.3. The van der Waals surface area contributed by atoms with Crippen LogP contribution in [0.5, 0.6) is 0 Å². The van der Waals surface area contributed by atoms with Crippen LogP contribution >= 0.6 is 15.9 Å². The molecule has 2 rings (SSSR count). The van der Waals surface area contributed by atoms with Gasteiger partial charge in [-0.15, -0.1) is 0 Å². The minimum atomic E-state index is -4.26. The minimum absolute atomic E-state index is 0.0223. The van der Waals surface area contributed by atoms with E-state index in [0.717, 1.165) is 4.31 Å². The van der Waals surface area contributed by atoms with Gasteiger partial charge in [0.25, 0.3) is 0 Å². The summed E-state index contributed by atoms with van der Waals surface area (Å²) in [5, 5.41) is 0. The number of nitrogen functional groups attached to an aromatic ring is 1. The topological polar surface area (TPSA) is 63.4 Å². The van der Waals surface area contributed by atoms with E-state index in [9.17, 15) is 21.6 Å². The van der Waals surface area contributed by atoms with E-state index in [-0.39, 0.29) is 30.8 Å². The van der Waals surface area contributed by atoms with Gasteiger partial charge in [-0.05, 0) is 47.0 Å². The predicted molar refractivity (Wildman–Crippen MR) is 76.1 cm³/mol. The molecule has 4 nitrogen and oxygen atoms in total. The van der Waals surface area contributed by atoms with Gasteiger partial charge in [-0.3, -0.25) is 0 Å². The normalized spacial score (nSPS) is 18.9. The van der Waals surface area contributed by atoms with Crippen LogP contribution in [-0.4, -0.2) is 32.0 Å². The predicted octanol–water partition coefficient (Wildman–Crippen LogP) is 2.99. The molecule has 0 radical (unpaired) electrons. The Morgan fingerprint density at radius 2 is 1.81 bits per heavy atom. The van der Waals surface area contributed by atoms with Crippen LogP contribution in [0.1, 0.15) is 12.8 Å². The summed E-state index contributed by atoms with van der Waals surface area (Å²) in [6, 6.07) is 4.16. The Hall–Kier alpha value is -0.800. The third kappa shape index (κ3) is 3.51. The first-order valence-electron chi connectivity index (χ1n) is 6.24. The summed E-state index contributed by atoms with van der Waals surface area (Å²) in [7, 11) is -3.79. The van der Waals surface area contributed by atoms with E-state index in [1.165, 1.54) is 18.2 Å². The fourth-order valence-corrected chi connectivity index (χ4v) is 4.27. The third-order valence-corrected chi connectivity index (χ3v) is 6.11. The molecule has 1 saturated heterocycles. The first-order valence-corrected chi connectivity index (χ1v) is 8.47. The lowest BCUT2D eigenvalue weighted by Crippen LogP contribution is -2.42. The van der Waals surface area contributed by atoms with Crippen molar-refractivity contribution in [3.8, 4) is 0 Å². The van der Waals surface area contributed by atoms with Crippen LogP contribution in [0.25, 0.3) is 0 Å². The number of rotatable bonds is 2. The molecule has 0 bridgehead atoms. The van der Waals surface area contributed by atoms with Gasteiger partial charge in [0, 0.05) is 23.2 Å². The second kappa shape index (κ2) is 5.77. The molecule has 0 spiro atoms. The van der Waals surface area contributed by atoms with E-state index in [1.807, 2.05) is 0 Å². The molecule has 0 saturated carbocycles. The lowest BCUT2D eigenvalue weighted by Gasteiger charge is -2.32. The van der Waals surface area contributed by atoms with Crippen LogP contribution in [0, 0.1) is 5.92 Å². The Morgan fingerprint density at radius 3 is 2.29 bits per heavy atom. The lowest BCUT2D eigenvalue weighted by atomic mass is 9.98. The molecule has 21 heavy (non-hydrogen) atoms. The number of alkyl halides is 3.